The highest BCUT2D eigenvalue weighted by Crippen LogP contribution is 2.22. The predicted octanol–water partition coefficient (Wildman–Crippen LogP) is 3.44. The van der Waals surface area contributed by atoms with Crippen LogP contribution in [0.5, 0.6) is 0 Å². The largest absolute Gasteiger partial charge is 0.478 e. The Labute approximate surface area is 130 Å². The number of anilines is 2. The number of amides is 1. The van der Waals surface area contributed by atoms with Gasteiger partial charge in [0.2, 0.25) is 0 Å². The fraction of sp³-hybridized carbons (Fsp3) is 0.0667. The molecule has 21 heavy (non-hydrogen) atoms. The van der Waals surface area contributed by atoms with Gasteiger partial charge in [0.15, 0.2) is 0 Å². The van der Waals surface area contributed by atoms with E-state index in [0.717, 1.165) is 0 Å². The maximum Gasteiger partial charge on any atom is 0.336 e. The molecule has 0 saturated carbocycles. The first-order valence-electron chi connectivity index (χ1n) is 6.14. The van der Waals surface area contributed by atoms with Gasteiger partial charge in [-0.2, -0.15) is 0 Å². The van der Waals surface area contributed by atoms with Gasteiger partial charge in [-0.1, -0.05) is 12.1 Å². The number of hydrogen-bond acceptors (Lipinski definition) is 3. The molecule has 2 aromatic carbocycles. The van der Waals surface area contributed by atoms with Gasteiger partial charge >= 0.3 is 5.97 Å². The summed E-state index contributed by atoms with van der Waals surface area (Å²) in [5.41, 5.74) is 1.70. The van der Waals surface area contributed by atoms with Crippen molar-refractivity contribution in [3.8, 4) is 0 Å². The van der Waals surface area contributed by atoms with Crippen molar-refractivity contribution in [1.29, 1.82) is 0 Å². The number of para-hydroxylation sites is 1. The molecule has 108 valence electrons. The number of carboxylic acid groups (broad SMARTS) is 1. The average Bonchev–Trinajstić information content (AvgIpc) is 2.48. The monoisotopic (exact) mass is 348 g/mol. The zero-order valence-corrected chi connectivity index (χ0v) is 12.8. The molecular formula is C15H13BrN2O3. The van der Waals surface area contributed by atoms with Crippen molar-refractivity contribution in [2.45, 2.75) is 0 Å². The normalized spacial score (nSPS) is 10.0. The fourth-order valence-corrected chi connectivity index (χ4v) is 2.28. The number of halogens is 1. The lowest BCUT2D eigenvalue weighted by molar-refractivity contribution is 0.0695. The van der Waals surface area contributed by atoms with Gasteiger partial charge in [-0.3, -0.25) is 4.79 Å². The Morgan fingerprint density at radius 2 is 1.81 bits per heavy atom. The lowest BCUT2D eigenvalue weighted by Gasteiger charge is -2.10. The quantitative estimate of drug-likeness (QED) is 0.790. The van der Waals surface area contributed by atoms with Crippen molar-refractivity contribution in [2.24, 2.45) is 0 Å². The first-order valence-corrected chi connectivity index (χ1v) is 6.93. The van der Waals surface area contributed by atoms with Crippen LogP contribution in [0.4, 0.5) is 11.4 Å². The highest BCUT2D eigenvalue weighted by molar-refractivity contribution is 9.10. The molecular weight excluding hydrogens is 336 g/mol. The van der Waals surface area contributed by atoms with E-state index in [-0.39, 0.29) is 11.5 Å². The number of carbonyl (C=O) groups excluding carboxylic acids is 1. The minimum Gasteiger partial charge on any atom is -0.478 e. The average molecular weight is 349 g/mol. The molecule has 0 radical (unpaired) electrons. The van der Waals surface area contributed by atoms with Gasteiger partial charge in [-0.05, 0) is 46.3 Å². The first-order chi connectivity index (χ1) is 10.0. The number of nitrogens with one attached hydrogen (secondary N) is 2. The van der Waals surface area contributed by atoms with Crippen LogP contribution in [-0.4, -0.2) is 24.0 Å². The van der Waals surface area contributed by atoms with Crippen molar-refractivity contribution in [1.82, 2.24) is 0 Å². The van der Waals surface area contributed by atoms with E-state index < -0.39 is 5.97 Å². The number of hydrogen-bond donors (Lipinski definition) is 3. The second-order valence-corrected chi connectivity index (χ2v) is 5.10. The third kappa shape index (κ3) is 3.41. The van der Waals surface area contributed by atoms with Gasteiger partial charge < -0.3 is 15.7 Å². The van der Waals surface area contributed by atoms with Crippen molar-refractivity contribution in [3.05, 3.63) is 58.1 Å². The van der Waals surface area contributed by atoms with Gasteiger partial charge in [-0.25, -0.2) is 4.79 Å². The maximum absolute atomic E-state index is 12.2. The molecule has 0 aliphatic rings. The molecule has 2 rings (SSSR count). The summed E-state index contributed by atoms with van der Waals surface area (Å²) in [6.45, 7) is 0. The standard InChI is InChI=1S/C15H13BrN2O3/c1-17-13-5-3-2-4-10(13)14(19)18-9-6-7-12(16)11(8-9)15(20)21/h2-8,17H,1H3,(H,18,19)(H,20,21). The van der Waals surface area contributed by atoms with Crippen LogP contribution in [-0.2, 0) is 0 Å². The summed E-state index contributed by atoms with van der Waals surface area (Å²) in [5, 5.41) is 14.7. The minimum absolute atomic E-state index is 0.0923. The molecule has 0 heterocycles. The third-order valence-electron chi connectivity index (χ3n) is 2.90. The number of rotatable bonds is 4. The zero-order valence-electron chi connectivity index (χ0n) is 11.2. The number of benzene rings is 2. The molecule has 0 spiro atoms. The molecule has 0 saturated heterocycles. The number of carboxylic acids is 1. The third-order valence-corrected chi connectivity index (χ3v) is 3.59. The zero-order chi connectivity index (χ0) is 15.4. The Balaban J connectivity index is 2.28. The molecule has 0 aliphatic carbocycles. The molecule has 0 fully saturated rings. The summed E-state index contributed by atoms with van der Waals surface area (Å²) < 4.78 is 0.462. The Morgan fingerprint density at radius 3 is 2.48 bits per heavy atom. The number of carbonyl (C=O) groups is 2. The Bertz CT molecular complexity index is 701. The van der Waals surface area contributed by atoms with E-state index in [0.29, 0.717) is 21.4 Å². The van der Waals surface area contributed by atoms with Crippen LogP contribution in [0.2, 0.25) is 0 Å². The van der Waals surface area contributed by atoms with E-state index in [1.165, 1.54) is 6.07 Å². The fourth-order valence-electron chi connectivity index (χ4n) is 1.86. The molecule has 5 nitrogen and oxygen atoms in total. The highest BCUT2D eigenvalue weighted by atomic mass is 79.9. The van der Waals surface area contributed by atoms with Crippen LogP contribution in [0.15, 0.2) is 46.9 Å². The van der Waals surface area contributed by atoms with E-state index in [1.807, 2.05) is 6.07 Å². The van der Waals surface area contributed by atoms with E-state index >= 15 is 0 Å². The molecule has 0 aliphatic heterocycles. The van der Waals surface area contributed by atoms with Gasteiger partial charge in [0.25, 0.3) is 5.91 Å². The van der Waals surface area contributed by atoms with E-state index in [4.69, 9.17) is 5.11 Å². The summed E-state index contributed by atoms with van der Waals surface area (Å²) in [5.74, 6) is -1.37. The summed E-state index contributed by atoms with van der Waals surface area (Å²) in [7, 11) is 1.73. The first kappa shape index (κ1) is 15.1. The molecule has 0 aromatic heterocycles. The van der Waals surface area contributed by atoms with Crippen LogP contribution in [0.25, 0.3) is 0 Å². The Kier molecular flexibility index (Phi) is 4.59. The van der Waals surface area contributed by atoms with Crippen LogP contribution >= 0.6 is 15.9 Å². The molecule has 6 heteroatoms. The van der Waals surface area contributed by atoms with Crippen molar-refractivity contribution < 1.29 is 14.7 Å². The minimum atomic E-state index is -1.06. The van der Waals surface area contributed by atoms with E-state index in [9.17, 15) is 9.59 Å². The molecule has 2 aromatic rings. The van der Waals surface area contributed by atoms with Gasteiger partial charge in [-0.15, -0.1) is 0 Å². The summed E-state index contributed by atoms with van der Waals surface area (Å²) in [4.78, 5) is 23.3. The molecule has 1 amide bonds. The van der Waals surface area contributed by atoms with Crippen LogP contribution in [0.3, 0.4) is 0 Å². The SMILES string of the molecule is CNc1ccccc1C(=O)Nc1ccc(Br)c(C(=O)O)c1. The van der Waals surface area contributed by atoms with Crippen molar-refractivity contribution in [2.75, 3.05) is 17.7 Å². The maximum atomic E-state index is 12.2. The van der Waals surface area contributed by atoms with Crippen LogP contribution < -0.4 is 10.6 Å². The summed E-state index contributed by atoms with van der Waals surface area (Å²) >= 11 is 3.16. The highest BCUT2D eigenvalue weighted by Gasteiger charge is 2.13. The van der Waals surface area contributed by atoms with Crippen LogP contribution in [0, 0.1) is 0 Å². The van der Waals surface area contributed by atoms with Crippen molar-refractivity contribution >= 4 is 39.2 Å². The predicted molar refractivity (Wildman–Crippen MR) is 85.0 cm³/mol. The summed E-state index contributed by atoms with van der Waals surface area (Å²) in [6, 6.07) is 11.7. The molecule has 3 N–H and O–H groups in total. The Hall–Kier alpha value is -2.34. The number of aromatic carboxylic acids is 1. The molecule has 0 bridgehead atoms. The van der Waals surface area contributed by atoms with E-state index in [2.05, 4.69) is 26.6 Å². The van der Waals surface area contributed by atoms with Gasteiger partial charge in [0, 0.05) is 22.9 Å². The lowest BCUT2D eigenvalue weighted by atomic mass is 10.1. The van der Waals surface area contributed by atoms with Crippen molar-refractivity contribution in [3.63, 3.8) is 0 Å². The Morgan fingerprint density at radius 1 is 1.10 bits per heavy atom. The van der Waals surface area contributed by atoms with Gasteiger partial charge in [0.1, 0.15) is 0 Å². The molecule has 0 atom stereocenters. The second-order valence-electron chi connectivity index (χ2n) is 4.25. The van der Waals surface area contributed by atoms with Crippen LogP contribution in [0.1, 0.15) is 20.7 Å². The van der Waals surface area contributed by atoms with E-state index in [1.54, 1.807) is 37.4 Å². The smallest absolute Gasteiger partial charge is 0.336 e. The topological polar surface area (TPSA) is 78.4 Å². The molecule has 0 unspecified atom stereocenters. The second kappa shape index (κ2) is 6.41. The van der Waals surface area contributed by atoms with Gasteiger partial charge in [0.05, 0.1) is 11.1 Å². The summed E-state index contributed by atoms with van der Waals surface area (Å²) in [6.07, 6.45) is 0. The lowest BCUT2D eigenvalue weighted by Crippen LogP contribution is -2.14.